The van der Waals surface area contributed by atoms with Gasteiger partial charge in [-0.25, -0.2) is 0 Å². The van der Waals surface area contributed by atoms with Gasteiger partial charge in [0.25, 0.3) is 0 Å². The molecule has 0 saturated heterocycles. The highest BCUT2D eigenvalue weighted by molar-refractivity contribution is 7.73. The van der Waals surface area contributed by atoms with Gasteiger partial charge in [0.2, 0.25) is 5.13 Å². The van der Waals surface area contributed by atoms with Crippen molar-refractivity contribution >= 4 is 40.0 Å². The third-order valence-electron chi connectivity index (χ3n) is 1.90. The second-order valence-corrected chi connectivity index (χ2v) is 5.95. The summed E-state index contributed by atoms with van der Waals surface area (Å²) in [7, 11) is 0. The Morgan fingerprint density at radius 1 is 1.67 bits per heavy atom. The molecule has 0 amide bonds. The van der Waals surface area contributed by atoms with Gasteiger partial charge in [0.1, 0.15) is 0 Å². The second-order valence-electron chi connectivity index (χ2n) is 3.25. The van der Waals surface area contributed by atoms with Crippen LogP contribution in [0, 0.1) is 3.95 Å². The highest BCUT2D eigenvalue weighted by atomic mass is 32.1. The number of anilines is 1. The number of rotatable bonds is 4. The second kappa shape index (κ2) is 4.87. The molecule has 80 valence electrons. The fraction of sp³-hybridized carbons (Fsp3) is 0.333. The Labute approximate surface area is 101 Å². The van der Waals surface area contributed by atoms with E-state index in [1.54, 1.807) is 11.3 Å². The van der Waals surface area contributed by atoms with Gasteiger partial charge in [0.15, 0.2) is 3.95 Å². The molecule has 0 aromatic carbocycles. The number of aromatic amines is 1. The lowest BCUT2D eigenvalue weighted by Gasteiger charge is -2.10. The van der Waals surface area contributed by atoms with Crippen LogP contribution in [0.1, 0.15) is 11.8 Å². The van der Waals surface area contributed by atoms with E-state index in [4.69, 9.17) is 12.2 Å². The number of hydrogen-bond acceptors (Lipinski definition) is 5. The number of aromatic nitrogens is 2. The Morgan fingerprint density at radius 2 is 2.53 bits per heavy atom. The molecule has 0 aliphatic rings. The Kier molecular flexibility index (Phi) is 3.50. The van der Waals surface area contributed by atoms with Crippen molar-refractivity contribution in [2.45, 2.75) is 19.4 Å². The highest BCUT2D eigenvalue weighted by Crippen LogP contribution is 2.16. The Hall–Kier alpha value is -0.720. The zero-order valence-electron chi connectivity index (χ0n) is 8.19. The standard InChI is InChI=1S/C9H11N3S3/c1-6(5-7-3-2-4-14-7)10-8-11-12-9(13)15-8/h2-4,6H,5H2,1H3,(H,10,11)(H,12,13). The van der Waals surface area contributed by atoms with Crippen molar-refractivity contribution in [2.24, 2.45) is 0 Å². The van der Waals surface area contributed by atoms with Crippen LogP contribution in [0.4, 0.5) is 5.13 Å². The summed E-state index contributed by atoms with van der Waals surface area (Å²) in [5.74, 6) is 0. The average Bonchev–Trinajstić information content (AvgIpc) is 2.77. The van der Waals surface area contributed by atoms with Crippen LogP contribution >= 0.6 is 34.9 Å². The fourth-order valence-corrected chi connectivity index (χ4v) is 3.02. The molecule has 0 spiro atoms. The van der Waals surface area contributed by atoms with Crippen LogP contribution in [0.5, 0.6) is 0 Å². The number of nitrogens with zero attached hydrogens (tertiary/aromatic N) is 1. The molecule has 2 rings (SSSR count). The topological polar surface area (TPSA) is 40.7 Å². The fourth-order valence-electron chi connectivity index (χ4n) is 1.28. The molecule has 15 heavy (non-hydrogen) atoms. The van der Waals surface area contributed by atoms with Crippen LogP contribution in [0.2, 0.25) is 0 Å². The molecule has 6 heteroatoms. The maximum absolute atomic E-state index is 4.96. The average molecular weight is 257 g/mol. The predicted octanol–water partition coefficient (Wildman–Crippen LogP) is 3.31. The van der Waals surface area contributed by atoms with Gasteiger partial charge in [-0.3, -0.25) is 5.10 Å². The summed E-state index contributed by atoms with van der Waals surface area (Å²) in [6.07, 6.45) is 1.02. The van der Waals surface area contributed by atoms with Gasteiger partial charge in [0, 0.05) is 17.3 Å². The quantitative estimate of drug-likeness (QED) is 0.826. The third kappa shape index (κ3) is 3.12. The molecule has 0 fully saturated rings. The van der Waals surface area contributed by atoms with Crippen molar-refractivity contribution in [3.63, 3.8) is 0 Å². The van der Waals surface area contributed by atoms with E-state index in [0.29, 0.717) is 10.00 Å². The van der Waals surface area contributed by atoms with Crippen molar-refractivity contribution in [3.8, 4) is 0 Å². The van der Waals surface area contributed by atoms with Crippen LogP contribution in [0.25, 0.3) is 0 Å². The Balaban J connectivity index is 1.92. The monoisotopic (exact) mass is 257 g/mol. The van der Waals surface area contributed by atoms with Crippen LogP contribution in [0.15, 0.2) is 17.5 Å². The molecule has 0 aliphatic heterocycles. The first-order chi connectivity index (χ1) is 7.24. The summed E-state index contributed by atoms with van der Waals surface area (Å²) in [5, 5.41) is 13.1. The molecule has 0 aliphatic carbocycles. The Morgan fingerprint density at radius 3 is 3.13 bits per heavy atom. The van der Waals surface area contributed by atoms with E-state index in [0.717, 1.165) is 11.6 Å². The van der Waals surface area contributed by atoms with E-state index in [2.05, 4.69) is 40.0 Å². The zero-order valence-corrected chi connectivity index (χ0v) is 10.6. The first-order valence-electron chi connectivity index (χ1n) is 4.58. The van der Waals surface area contributed by atoms with Gasteiger partial charge in [0.05, 0.1) is 0 Å². The van der Waals surface area contributed by atoms with Crippen LogP contribution in [-0.4, -0.2) is 16.2 Å². The maximum Gasteiger partial charge on any atom is 0.204 e. The van der Waals surface area contributed by atoms with Crippen molar-refractivity contribution in [1.29, 1.82) is 0 Å². The van der Waals surface area contributed by atoms with Gasteiger partial charge < -0.3 is 5.32 Å². The van der Waals surface area contributed by atoms with Crippen molar-refractivity contribution in [1.82, 2.24) is 10.2 Å². The number of H-pyrrole nitrogens is 1. The van der Waals surface area contributed by atoms with E-state index >= 15 is 0 Å². The van der Waals surface area contributed by atoms with E-state index in [9.17, 15) is 0 Å². The lowest BCUT2D eigenvalue weighted by molar-refractivity contribution is 0.795. The molecule has 0 bridgehead atoms. The van der Waals surface area contributed by atoms with Crippen molar-refractivity contribution in [2.75, 3.05) is 5.32 Å². The van der Waals surface area contributed by atoms with Gasteiger partial charge in [-0.15, -0.1) is 16.4 Å². The molecule has 1 atom stereocenters. The zero-order chi connectivity index (χ0) is 10.7. The third-order valence-corrected chi connectivity index (χ3v) is 3.81. The summed E-state index contributed by atoms with van der Waals surface area (Å²) >= 11 is 8.21. The van der Waals surface area contributed by atoms with Crippen molar-refractivity contribution < 1.29 is 0 Å². The van der Waals surface area contributed by atoms with Gasteiger partial charge in [-0.1, -0.05) is 17.4 Å². The predicted molar refractivity (Wildman–Crippen MR) is 68.4 cm³/mol. The summed E-state index contributed by atoms with van der Waals surface area (Å²) in [5.41, 5.74) is 0. The van der Waals surface area contributed by atoms with Crippen LogP contribution in [0.3, 0.4) is 0 Å². The number of nitrogens with one attached hydrogen (secondary N) is 2. The summed E-state index contributed by atoms with van der Waals surface area (Å²) < 4.78 is 0.709. The highest BCUT2D eigenvalue weighted by Gasteiger charge is 2.06. The minimum atomic E-state index is 0.373. The number of thiophene rings is 1. The van der Waals surface area contributed by atoms with E-state index in [1.807, 2.05) is 0 Å². The molecule has 2 aromatic rings. The SMILES string of the molecule is CC(Cc1cccs1)Nc1n[nH]c(=S)s1. The largest absolute Gasteiger partial charge is 0.357 e. The molecular formula is C9H11N3S3. The lowest BCUT2D eigenvalue weighted by atomic mass is 10.2. The van der Waals surface area contributed by atoms with Gasteiger partial charge >= 0.3 is 0 Å². The molecule has 0 radical (unpaired) electrons. The molecule has 3 nitrogen and oxygen atoms in total. The lowest BCUT2D eigenvalue weighted by Crippen LogP contribution is -2.17. The van der Waals surface area contributed by atoms with Crippen LogP contribution < -0.4 is 5.32 Å². The molecule has 2 aromatic heterocycles. The van der Waals surface area contributed by atoms with Gasteiger partial charge in [-0.2, -0.15) is 0 Å². The van der Waals surface area contributed by atoms with Crippen molar-refractivity contribution in [3.05, 3.63) is 26.3 Å². The summed E-state index contributed by atoms with van der Waals surface area (Å²) in [4.78, 5) is 1.38. The van der Waals surface area contributed by atoms with E-state index < -0.39 is 0 Å². The van der Waals surface area contributed by atoms with E-state index in [1.165, 1.54) is 16.2 Å². The minimum absolute atomic E-state index is 0.373. The van der Waals surface area contributed by atoms with Crippen LogP contribution in [-0.2, 0) is 6.42 Å². The number of hydrogen-bond donors (Lipinski definition) is 2. The smallest absolute Gasteiger partial charge is 0.204 e. The molecule has 1 unspecified atom stereocenters. The normalized spacial score (nSPS) is 12.6. The van der Waals surface area contributed by atoms with Gasteiger partial charge in [-0.05, 0) is 30.6 Å². The first-order valence-corrected chi connectivity index (χ1v) is 6.69. The first kappa shape index (κ1) is 10.8. The summed E-state index contributed by atoms with van der Waals surface area (Å²) in [6, 6.07) is 4.60. The molecular weight excluding hydrogens is 246 g/mol. The maximum atomic E-state index is 4.96. The van der Waals surface area contributed by atoms with E-state index in [-0.39, 0.29) is 0 Å². The molecule has 0 saturated carbocycles. The minimum Gasteiger partial charge on any atom is -0.357 e. The summed E-state index contributed by atoms with van der Waals surface area (Å²) in [6.45, 7) is 2.14. The molecule has 2 N–H and O–H groups in total. The Bertz CT molecular complexity index is 457. The molecule has 2 heterocycles.